The number of rotatable bonds is 5. The van der Waals surface area contributed by atoms with E-state index >= 15 is 0 Å². The summed E-state index contributed by atoms with van der Waals surface area (Å²) >= 11 is 0. The predicted molar refractivity (Wildman–Crippen MR) is 76.4 cm³/mol. The Hall–Kier alpha value is -1.46. The quantitative estimate of drug-likeness (QED) is 0.849. The van der Waals surface area contributed by atoms with Crippen LogP contribution in [0.25, 0.3) is 0 Å². The summed E-state index contributed by atoms with van der Waals surface area (Å²) in [5, 5.41) is 2.86. The summed E-state index contributed by atoms with van der Waals surface area (Å²) in [6.45, 7) is 4.53. The van der Waals surface area contributed by atoms with E-state index in [1.807, 2.05) is 0 Å². The second-order valence-corrected chi connectivity index (χ2v) is 5.52. The van der Waals surface area contributed by atoms with Crippen molar-refractivity contribution in [3.63, 3.8) is 0 Å². The fourth-order valence-corrected chi connectivity index (χ4v) is 2.65. The van der Waals surface area contributed by atoms with Gasteiger partial charge in [-0.15, -0.1) is 0 Å². The second kappa shape index (κ2) is 6.81. The van der Waals surface area contributed by atoms with Crippen molar-refractivity contribution < 1.29 is 9.18 Å². The third kappa shape index (κ3) is 4.02. The van der Waals surface area contributed by atoms with Gasteiger partial charge >= 0.3 is 0 Å². The van der Waals surface area contributed by atoms with Gasteiger partial charge in [0.2, 0.25) is 5.91 Å². The van der Waals surface area contributed by atoms with Crippen LogP contribution in [-0.2, 0) is 11.3 Å². The molecule has 1 saturated heterocycles. The Morgan fingerprint density at radius 2 is 2.15 bits per heavy atom. The van der Waals surface area contributed by atoms with Crippen LogP contribution in [0.5, 0.6) is 0 Å². The van der Waals surface area contributed by atoms with Gasteiger partial charge in [-0.3, -0.25) is 9.69 Å². The molecule has 0 saturated carbocycles. The standard InChI is InChI=1S/C15H22FN3O/c1-11-6-13(7-17)9-19(11)10-15(20)18-8-12-2-4-14(16)5-3-12/h2-5,11,13H,6-10,17H2,1H3,(H,18,20). The summed E-state index contributed by atoms with van der Waals surface area (Å²) in [5.74, 6) is 0.229. The van der Waals surface area contributed by atoms with Gasteiger partial charge in [-0.2, -0.15) is 0 Å². The lowest BCUT2D eigenvalue weighted by molar-refractivity contribution is -0.122. The number of benzene rings is 1. The Bertz CT molecular complexity index is 449. The Morgan fingerprint density at radius 1 is 1.45 bits per heavy atom. The van der Waals surface area contributed by atoms with Crippen LogP contribution in [0, 0.1) is 11.7 Å². The van der Waals surface area contributed by atoms with Crippen LogP contribution >= 0.6 is 0 Å². The molecular formula is C15H22FN3O. The summed E-state index contributed by atoms with van der Waals surface area (Å²) in [5.41, 5.74) is 6.58. The van der Waals surface area contributed by atoms with E-state index in [9.17, 15) is 9.18 Å². The molecule has 0 spiro atoms. The molecule has 1 aromatic carbocycles. The number of nitrogens with two attached hydrogens (primary N) is 1. The van der Waals surface area contributed by atoms with E-state index in [1.165, 1.54) is 12.1 Å². The van der Waals surface area contributed by atoms with Crippen molar-refractivity contribution in [2.24, 2.45) is 11.7 Å². The highest BCUT2D eigenvalue weighted by Gasteiger charge is 2.29. The van der Waals surface area contributed by atoms with Crippen LogP contribution in [0.2, 0.25) is 0 Å². The van der Waals surface area contributed by atoms with Gasteiger partial charge in [-0.25, -0.2) is 4.39 Å². The average molecular weight is 279 g/mol. The molecule has 1 fully saturated rings. The third-order valence-electron chi connectivity index (χ3n) is 3.87. The molecule has 5 heteroatoms. The number of halogens is 1. The molecule has 1 heterocycles. The molecule has 0 radical (unpaired) electrons. The van der Waals surface area contributed by atoms with Crippen molar-refractivity contribution in [3.8, 4) is 0 Å². The van der Waals surface area contributed by atoms with Gasteiger partial charge in [-0.1, -0.05) is 12.1 Å². The average Bonchev–Trinajstić information content (AvgIpc) is 2.79. The molecule has 2 atom stereocenters. The van der Waals surface area contributed by atoms with E-state index in [0.717, 1.165) is 18.5 Å². The van der Waals surface area contributed by atoms with E-state index in [1.54, 1.807) is 12.1 Å². The van der Waals surface area contributed by atoms with Crippen LogP contribution < -0.4 is 11.1 Å². The second-order valence-electron chi connectivity index (χ2n) is 5.52. The molecule has 4 nitrogen and oxygen atoms in total. The molecule has 0 aliphatic carbocycles. The summed E-state index contributed by atoms with van der Waals surface area (Å²) in [6.07, 6.45) is 1.06. The third-order valence-corrected chi connectivity index (χ3v) is 3.87. The lowest BCUT2D eigenvalue weighted by Gasteiger charge is -2.20. The van der Waals surface area contributed by atoms with Crippen molar-refractivity contribution in [1.82, 2.24) is 10.2 Å². The van der Waals surface area contributed by atoms with E-state index in [2.05, 4.69) is 17.1 Å². The number of likely N-dealkylation sites (tertiary alicyclic amines) is 1. The van der Waals surface area contributed by atoms with E-state index in [-0.39, 0.29) is 11.7 Å². The molecule has 3 N–H and O–H groups in total. The molecule has 0 aromatic heterocycles. The molecule has 2 unspecified atom stereocenters. The largest absolute Gasteiger partial charge is 0.351 e. The molecule has 1 aliphatic heterocycles. The van der Waals surface area contributed by atoms with E-state index in [4.69, 9.17) is 5.73 Å². The normalized spacial score (nSPS) is 22.9. The fourth-order valence-electron chi connectivity index (χ4n) is 2.65. The minimum absolute atomic E-state index is 0.00107. The van der Waals surface area contributed by atoms with Crippen molar-refractivity contribution in [2.75, 3.05) is 19.6 Å². The number of nitrogens with zero attached hydrogens (tertiary/aromatic N) is 1. The molecule has 0 bridgehead atoms. The molecule has 20 heavy (non-hydrogen) atoms. The van der Waals surface area contributed by atoms with Crippen LogP contribution in [0.4, 0.5) is 4.39 Å². The zero-order chi connectivity index (χ0) is 14.5. The zero-order valence-electron chi connectivity index (χ0n) is 11.8. The van der Waals surface area contributed by atoms with Crippen LogP contribution in [0.1, 0.15) is 18.9 Å². The van der Waals surface area contributed by atoms with Gasteiger partial charge in [-0.05, 0) is 43.5 Å². The first-order valence-corrected chi connectivity index (χ1v) is 7.03. The summed E-state index contributed by atoms with van der Waals surface area (Å²) < 4.78 is 12.8. The van der Waals surface area contributed by atoms with Crippen molar-refractivity contribution in [3.05, 3.63) is 35.6 Å². The number of hydrogen-bond donors (Lipinski definition) is 2. The van der Waals surface area contributed by atoms with Gasteiger partial charge in [0.05, 0.1) is 6.54 Å². The minimum Gasteiger partial charge on any atom is -0.351 e. The highest BCUT2D eigenvalue weighted by atomic mass is 19.1. The molecular weight excluding hydrogens is 257 g/mol. The topological polar surface area (TPSA) is 58.4 Å². The summed E-state index contributed by atoms with van der Waals surface area (Å²) in [7, 11) is 0. The molecule has 1 aliphatic rings. The molecule has 1 amide bonds. The maximum atomic E-state index is 12.8. The van der Waals surface area contributed by atoms with Gasteiger partial charge in [0.25, 0.3) is 0 Å². The van der Waals surface area contributed by atoms with Gasteiger partial charge in [0.15, 0.2) is 0 Å². The Morgan fingerprint density at radius 3 is 2.75 bits per heavy atom. The maximum Gasteiger partial charge on any atom is 0.234 e. The van der Waals surface area contributed by atoms with Crippen molar-refractivity contribution in [2.45, 2.75) is 25.9 Å². The number of carbonyl (C=O) groups excluding carboxylic acids is 1. The zero-order valence-corrected chi connectivity index (χ0v) is 11.8. The molecule has 1 aromatic rings. The minimum atomic E-state index is -0.265. The lowest BCUT2D eigenvalue weighted by Crippen LogP contribution is -2.39. The first-order chi connectivity index (χ1) is 9.58. The number of amides is 1. The highest BCUT2D eigenvalue weighted by Crippen LogP contribution is 2.21. The first kappa shape index (κ1) is 14.9. The Balaban J connectivity index is 1.77. The van der Waals surface area contributed by atoms with Crippen molar-refractivity contribution in [1.29, 1.82) is 0 Å². The summed E-state index contributed by atoms with van der Waals surface area (Å²) in [4.78, 5) is 14.1. The SMILES string of the molecule is CC1CC(CN)CN1CC(=O)NCc1ccc(F)cc1. The molecule has 2 rings (SSSR count). The smallest absolute Gasteiger partial charge is 0.234 e. The van der Waals surface area contributed by atoms with Crippen molar-refractivity contribution >= 4 is 5.91 Å². The number of carbonyl (C=O) groups is 1. The lowest BCUT2D eigenvalue weighted by atomic mass is 10.1. The van der Waals surface area contributed by atoms with Crippen LogP contribution in [-0.4, -0.2) is 36.5 Å². The van der Waals surface area contributed by atoms with E-state index in [0.29, 0.717) is 31.6 Å². The monoisotopic (exact) mass is 279 g/mol. The number of hydrogen-bond acceptors (Lipinski definition) is 3. The number of nitrogens with one attached hydrogen (secondary N) is 1. The van der Waals surface area contributed by atoms with Gasteiger partial charge in [0, 0.05) is 19.1 Å². The first-order valence-electron chi connectivity index (χ1n) is 7.03. The van der Waals surface area contributed by atoms with Gasteiger partial charge in [0.1, 0.15) is 5.82 Å². The Kier molecular flexibility index (Phi) is 5.09. The van der Waals surface area contributed by atoms with E-state index < -0.39 is 0 Å². The predicted octanol–water partition coefficient (Wildman–Crippen LogP) is 1.11. The van der Waals surface area contributed by atoms with Gasteiger partial charge < -0.3 is 11.1 Å². The highest BCUT2D eigenvalue weighted by molar-refractivity contribution is 5.78. The molecule has 110 valence electrons. The Labute approximate surface area is 119 Å². The maximum absolute atomic E-state index is 12.8. The summed E-state index contributed by atoms with van der Waals surface area (Å²) in [6, 6.07) is 6.56. The fraction of sp³-hybridized carbons (Fsp3) is 0.533. The van der Waals surface area contributed by atoms with Crippen LogP contribution in [0.3, 0.4) is 0 Å². The van der Waals surface area contributed by atoms with Crippen LogP contribution in [0.15, 0.2) is 24.3 Å².